The average Bonchev–Trinajstić information content (AvgIpc) is 2.56. The highest BCUT2D eigenvalue weighted by molar-refractivity contribution is 6.77. The van der Waals surface area contributed by atoms with Gasteiger partial charge in [-0.1, -0.05) is 43.9 Å². The summed E-state index contributed by atoms with van der Waals surface area (Å²) in [7, 11) is -0.980. The zero-order valence-corrected chi connectivity index (χ0v) is 10.6. The first-order chi connectivity index (χ1) is 6.64. The van der Waals surface area contributed by atoms with Gasteiger partial charge in [0.1, 0.15) is 0 Å². The van der Waals surface area contributed by atoms with Crippen molar-refractivity contribution in [2.45, 2.75) is 31.6 Å². The maximum atomic E-state index is 3.70. The van der Waals surface area contributed by atoms with Gasteiger partial charge >= 0.3 is 0 Å². The summed E-state index contributed by atoms with van der Waals surface area (Å²) in [4.78, 5) is 0. The summed E-state index contributed by atoms with van der Waals surface area (Å²) in [6.07, 6.45) is 7.65. The van der Waals surface area contributed by atoms with Crippen LogP contribution in [0.25, 0.3) is 0 Å². The second-order valence-corrected chi connectivity index (χ2v) is 10.2. The van der Waals surface area contributed by atoms with Crippen molar-refractivity contribution in [1.82, 2.24) is 5.32 Å². The molecule has 1 rings (SSSR count). The van der Waals surface area contributed by atoms with Gasteiger partial charge < -0.3 is 5.32 Å². The summed E-state index contributed by atoms with van der Waals surface area (Å²) < 4.78 is 0. The minimum absolute atomic E-state index is 0.953. The van der Waals surface area contributed by atoms with Crippen LogP contribution in [0.2, 0.25) is 25.2 Å². The third kappa shape index (κ3) is 4.25. The number of nitrogens with one attached hydrogen (secondary N) is 1. The zero-order chi connectivity index (χ0) is 10.4. The van der Waals surface area contributed by atoms with Crippen molar-refractivity contribution in [1.29, 1.82) is 0 Å². The van der Waals surface area contributed by atoms with E-state index in [0.717, 1.165) is 5.92 Å². The Balaban J connectivity index is 2.31. The van der Waals surface area contributed by atoms with E-state index < -0.39 is 8.07 Å². The van der Waals surface area contributed by atoms with Crippen molar-refractivity contribution in [2.75, 3.05) is 13.1 Å². The third-order valence-electron chi connectivity index (χ3n) is 2.95. The molecule has 1 heterocycles. The Bertz CT molecular complexity index is 202. The highest BCUT2D eigenvalue weighted by Crippen LogP contribution is 2.25. The lowest BCUT2D eigenvalue weighted by atomic mass is 10.2. The number of hydrogen-bond acceptors (Lipinski definition) is 1. The second-order valence-electron chi connectivity index (χ2n) is 5.10. The Kier molecular flexibility index (Phi) is 4.62. The second kappa shape index (κ2) is 5.52. The number of allylic oxidation sites excluding steroid dienone is 3. The summed E-state index contributed by atoms with van der Waals surface area (Å²) in [5.74, 6) is 0.953. The average molecular weight is 209 g/mol. The predicted octanol–water partition coefficient (Wildman–Crippen LogP) is 3.05. The van der Waals surface area contributed by atoms with Crippen molar-refractivity contribution < 1.29 is 0 Å². The Hall–Kier alpha value is -0.343. The predicted molar refractivity (Wildman–Crippen MR) is 67.4 cm³/mol. The number of hydrogen-bond donors (Lipinski definition) is 1. The molecule has 1 saturated heterocycles. The summed E-state index contributed by atoms with van der Waals surface area (Å²) in [5.41, 5.74) is 0. The van der Waals surface area contributed by atoms with E-state index in [2.05, 4.69) is 37.1 Å². The van der Waals surface area contributed by atoms with Gasteiger partial charge in [-0.05, 0) is 31.5 Å². The van der Waals surface area contributed by atoms with Crippen LogP contribution in [0.3, 0.4) is 0 Å². The SMILES string of the molecule is C=C/C=C/C[Si](C)(C)CC1CCNC1. The molecule has 0 spiro atoms. The van der Waals surface area contributed by atoms with E-state index in [0.29, 0.717) is 0 Å². The lowest BCUT2D eigenvalue weighted by Crippen LogP contribution is -2.28. The molecule has 1 atom stereocenters. The van der Waals surface area contributed by atoms with E-state index in [-0.39, 0.29) is 0 Å². The fraction of sp³-hybridized carbons (Fsp3) is 0.667. The molecule has 1 N–H and O–H groups in total. The first-order valence-electron chi connectivity index (χ1n) is 5.62. The minimum atomic E-state index is -0.980. The van der Waals surface area contributed by atoms with Crippen LogP contribution in [0.5, 0.6) is 0 Å². The molecule has 80 valence electrons. The molecular weight excluding hydrogens is 186 g/mol. The summed E-state index contributed by atoms with van der Waals surface area (Å²) in [6, 6.07) is 2.77. The van der Waals surface area contributed by atoms with Crippen LogP contribution >= 0.6 is 0 Å². The lowest BCUT2D eigenvalue weighted by Gasteiger charge is -2.24. The van der Waals surface area contributed by atoms with Crippen LogP contribution in [0.15, 0.2) is 24.8 Å². The van der Waals surface area contributed by atoms with Crippen LogP contribution in [0.1, 0.15) is 6.42 Å². The van der Waals surface area contributed by atoms with E-state index in [1.54, 1.807) is 0 Å². The minimum Gasteiger partial charge on any atom is -0.316 e. The summed E-state index contributed by atoms with van der Waals surface area (Å²) in [5, 5.41) is 3.45. The van der Waals surface area contributed by atoms with E-state index in [1.165, 1.54) is 31.6 Å². The maximum Gasteiger partial charge on any atom is 0.0514 e. The molecule has 0 aromatic heterocycles. The van der Waals surface area contributed by atoms with Crippen LogP contribution in [-0.4, -0.2) is 21.2 Å². The lowest BCUT2D eigenvalue weighted by molar-refractivity contribution is 0.638. The van der Waals surface area contributed by atoms with Gasteiger partial charge in [0.2, 0.25) is 0 Å². The van der Waals surface area contributed by atoms with E-state index in [4.69, 9.17) is 0 Å². The summed E-state index contributed by atoms with van der Waals surface area (Å²) in [6.45, 7) is 11.2. The van der Waals surface area contributed by atoms with Crippen molar-refractivity contribution >= 4 is 8.07 Å². The van der Waals surface area contributed by atoms with E-state index in [9.17, 15) is 0 Å². The van der Waals surface area contributed by atoms with Crippen LogP contribution in [-0.2, 0) is 0 Å². The van der Waals surface area contributed by atoms with Crippen LogP contribution < -0.4 is 5.32 Å². The van der Waals surface area contributed by atoms with Crippen molar-refractivity contribution in [3.05, 3.63) is 24.8 Å². The smallest absolute Gasteiger partial charge is 0.0514 e. The van der Waals surface area contributed by atoms with Gasteiger partial charge in [0, 0.05) is 0 Å². The van der Waals surface area contributed by atoms with Gasteiger partial charge in [-0.2, -0.15) is 0 Å². The molecule has 0 aliphatic carbocycles. The molecule has 1 fully saturated rings. The zero-order valence-electron chi connectivity index (χ0n) is 9.55. The molecule has 0 aromatic carbocycles. The van der Waals surface area contributed by atoms with Crippen molar-refractivity contribution in [2.24, 2.45) is 5.92 Å². The topological polar surface area (TPSA) is 12.0 Å². The largest absolute Gasteiger partial charge is 0.316 e. The molecule has 0 saturated carbocycles. The first-order valence-corrected chi connectivity index (χ1v) is 9.04. The fourth-order valence-electron chi connectivity index (χ4n) is 2.24. The van der Waals surface area contributed by atoms with Crippen molar-refractivity contribution in [3.8, 4) is 0 Å². The van der Waals surface area contributed by atoms with Gasteiger partial charge in [-0.15, -0.1) is 0 Å². The monoisotopic (exact) mass is 209 g/mol. The standard InChI is InChI=1S/C12H23NSi/c1-4-5-6-9-14(2,3)11-12-7-8-13-10-12/h4-6,12-13H,1,7-11H2,2-3H3/b6-5+. The molecule has 0 amide bonds. The Labute approximate surface area is 89.3 Å². The van der Waals surface area contributed by atoms with Gasteiger partial charge in [0.05, 0.1) is 8.07 Å². The molecule has 0 radical (unpaired) electrons. The molecule has 14 heavy (non-hydrogen) atoms. The van der Waals surface area contributed by atoms with Gasteiger partial charge in [0.15, 0.2) is 0 Å². The van der Waals surface area contributed by atoms with E-state index in [1.807, 2.05) is 6.08 Å². The quantitative estimate of drug-likeness (QED) is 0.542. The van der Waals surface area contributed by atoms with Gasteiger partial charge in [0.25, 0.3) is 0 Å². The molecule has 1 nitrogen and oxygen atoms in total. The first kappa shape index (κ1) is 11.7. The van der Waals surface area contributed by atoms with Crippen LogP contribution in [0, 0.1) is 5.92 Å². The van der Waals surface area contributed by atoms with Gasteiger partial charge in [-0.3, -0.25) is 0 Å². The highest BCUT2D eigenvalue weighted by Gasteiger charge is 2.25. The molecule has 0 bridgehead atoms. The van der Waals surface area contributed by atoms with E-state index >= 15 is 0 Å². The maximum absolute atomic E-state index is 3.70. The molecule has 2 heteroatoms. The third-order valence-corrected chi connectivity index (χ3v) is 5.97. The Morgan fingerprint density at radius 1 is 1.50 bits per heavy atom. The van der Waals surface area contributed by atoms with Crippen molar-refractivity contribution in [3.63, 3.8) is 0 Å². The normalized spacial score (nSPS) is 23.1. The molecule has 1 unspecified atom stereocenters. The number of rotatable bonds is 5. The molecule has 1 aliphatic rings. The molecule has 1 aliphatic heterocycles. The highest BCUT2D eigenvalue weighted by atomic mass is 28.3. The Morgan fingerprint density at radius 3 is 2.86 bits per heavy atom. The van der Waals surface area contributed by atoms with Crippen LogP contribution in [0.4, 0.5) is 0 Å². The summed E-state index contributed by atoms with van der Waals surface area (Å²) >= 11 is 0. The van der Waals surface area contributed by atoms with Gasteiger partial charge in [-0.25, -0.2) is 0 Å². The Morgan fingerprint density at radius 2 is 2.29 bits per heavy atom. The molecular formula is C12H23NSi. The molecule has 0 aromatic rings. The fourth-order valence-corrected chi connectivity index (χ4v) is 5.09.